The van der Waals surface area contributed by atoms with Crippen LogP contribution < -0.4 is 9.62 Å². The van der Waals surface area contributed by atoms with Crippen molar-refractivity contribution in [2.75, 3.05) is 24.5 Å². The predicted molar refractivity (Wildman–Crippen MR) is 95.3 cm³/mol. The van der Waals surface area contributed by atoms with Gasteiger partial charge in [0.15, 0.2) is 0 Å². The summed E-state index contributed by atoms with van der Waals surface area (Å²) >= 11 is 0. The van der Waals surface area contributed by atoms with Gasteiger partial charge in [0.05, 0.1) is 9.82 Å². The highest BCUT2D eigenvalue weighted by molar-refractivity contribution is 7.89. The summed E-state index contributed by atoms with van der Waals surface area (Å²) in [5, 5.41) is 10.7. The van der Waals surface area contributed by atoms with Crippen LogP contribution in [0.2, 0.25) is 0 Å². The van der Waals surface area contributed by atoms with Crippen LogP contribution in [0.25, 0.3) is 0 Å². The third-order valence-electron chi connectivity index (χ3n) is 4.37. The van der Waals surface area contributed by atoms with Gasteiger partial charge in [0.2, 0.25) is 16.0 Å². The van der Waals surface area contributed by atoms with E-state index >= 15 is 0 Å². The van der Waals surface area contributed by atoms with Crippen LogP contribution in [0.4, 0.5) is 11.6 Å². The van der Waals surface area contributed by atoms with Gasteiger partial charge in [-0.15, -0.1) is 0 Å². The molecule has 1 fully saturated rings. The number of piperidine rings is 1. The molecule has 1 N–H and O–H groups in total. The summed E-state index contributed by atoms with van der Waals surface area (Å²) in [6, 6.07) is 6.63. The summed E-state index contributed by atoms with van der Waals surface area (Å²) < 4.78 is 27.3. The fourth-order valence-electron chi connectivity index (χ4n) is 2.85. The number of hydrogen-bond acceptors (Lipinski definition) is 7. The molecule has 0 saturated carbocycles. The zero-order valence-corrected chi connectivity index (χ0v) is 14.8. The quantitative estimate of drug-likeness (QED) is 0.599. The average molecular weight is 377 g/mol. The molecule has 1 aliphatic heterocycles. The number of anilines is 1. The molecule has 10 heteroatoms. The van der Waals surface area contributed by atoms with Gasteiger partial charge in [-0.1, -0.05) is 0 Å². The third kappa shape index (κ3) is 4.33. The Morgan fingerprint density at radius 3 is 2.35 bits per heavy atom. The van der Waals surface area contributed by atoms with Crippen molar-refractivity contribution in [2.45, 2.75) is 17.7 Å². The number of non-ortho nitro benzene ring substituents is 1. The highest BCUT2D eigenvalue weighted by Crippen LogP contribution is 2.21. The molecule has 1 aromatic heterocycles. The zero-order valence-electron chi connectivity index (χ0n) is 14.0. The Bertz CT molecular complexity index is 850. The van der Waals surface area contributed by atoms with E-state index in [-0.39, 0.29) is 16.5 Å². The monoisotopic (exact) mass is 377 g/mol. The Kier molecular flexibility index (Phi) is 5.43. The molecule has 138 valence electrons. The molecule has 2 aromatic rings. The van der Waals surface area contributed by atoms with Crippen LogP contribution in [0.5, 0.6) is 0 Å². The van der Waals surface area contributed by atoms with Gasteiger partial charge in [0.25, 0.3) is 5.69 Å². The maximum atomic E-state index is 12.3. The molecule has 3 rings (SSSR count). The Morgan fingerprint density at radius 1 is 1.15 bits per heavy atom. The summed E-state index contributed by atoms with van der Waals surface area (Å²) in [5.41, 5.74) is -0.139. The molecule has 0 amide bonds. The Hall–Kier alpha value is -2.59. The van der Waals surface area contributed by atoms with Crippen molar-refractivity contribution >= 4 is 21.7 Å². The first-order chi connectivity index (χ1) is 12.5. The fourth-order valence-corrected chi connectivity index (χ4v) is 3.97. The van der Waals surface area contributed by atoms with Crippen LogP contribution in [0.15, 0.2) is 47.6 Å². The van der Waals surface area contributed by atoms with Crippen LogP contribution in [0, 0.1) is 16.0 Å². The first-order valence-corrected chi connectivity index (χ1v) is 9.70. The van der Waals surface area contributed by atoms with Crippen molar-refractivity contribution in [1.82, 2.24) is 14.7 Å². The Labute approximate surface area is 151 Å². The minimum atomic E-state index is -3.68. The first-order valence-electron chi connectivity index (χ1n) is 8.22. The Balaban J connectivity index is 1.53. The van der Waals surface area contributed by atoms with Gasteiger partial charge in [0, 0.05) is 44.2 Å². The largest absolute Gasteiger partial charge is 0.341 e. The van der Waals surface area contributed by atoms with E-state index in [0.29, 0.717) is 12.5 Å². The molecule has 0 radical (unpaired) electrons. The van der Waals surface area contributed by atoms with Crippen molar-refractivity contribution in [3.63, 3.8) is 0 Å². The average Bonchev–Trinajstić information content (AvgIpc) is 2.67. The lowest BCUT2D eigenvalue weighted by Gasteiger charge is -2.31. The third-order valence-corrected chi connectivity index (χ3v) is 5.81. The molecule has 0 aliphatic carbocycles. The van der Waals surface area contributed by atoms with E-state index in [1.54, 1.807) is 18.5 Å². The van der Waals surface area contributed by atoms with Crippen LogP contribution in [-0.4, -0.2) is 42.9 Å². The second-order valence-corrected chi connectivity index (χ2v) is 7.85. The lowest BCUT2D eigenvalue weighted by molar-refractivity contribution is -0.384. The number of benzene rings is 1. The molecule has 1 aromatic carbocycles. The molecule has 26 heavy (non-hydrogen) atoms. The van der Waals surface area contributed by atoms with Crippen LogP contribution >= 0.6 is 0 Å². The van der Waals surface area contributed by atoms with Gasteiger partial charge in [-0.05, 0) is 37.0 Å². The van der Waals surface area contributed by atoms with Gasteiger partial charge >= 0.3 is 0 Å². The minimum absolute atomic E-state index is 0.0261. The zero-order chi connectivity index (χ0) is 18.6. The van der Waals surface area contributed by atoms with Gasteiger partial charge in [0.1, 0.15) is 0 Å². The maximum Gasteiger partial charge on any atom is 0.269 e. The fraction of sp³-hybridized carbons (Fsp3) is 0.375. The Morgan fingerprint density at radius 2 is 1.77 bits per heavy atom. The molecular formula is C16H19N5O4S. The van der Waals surface area contributed by atoms with E-state index in [2.05, 4.69) is 19.6 Å². The maximum absolute atomic E-state index is 12.3. The van der Waals surface area contributed by atoms with Gasteiger partial charge < -0.3 is 4.90 Å². The van der Waals surface area contributed by atoms with E-state index in [9.17, 15) is 18.5 Å². The second-order valence-electron chi connectivity index (χ2n) is 6.08. The van der Waals surface area contributed by atoms with E-state index in [1.165, 1.54) is 24.3 Å². The van der Waals surface area contributed by atoms with Crippen molar-refractivity contribution in [3.8, 4) is 0 Å². The molecule has 0 spiro atoms. The number of rotatable bonds is 6. The van der Waals surface area contributed by atoms with E-state index in [4.69, 9.17) is 0 Å². The number of nitro groups is 1. The molecule has 1 aliphatic rings. The molecule has 0 atom stereocenters. The lowest BCUT2D eigenvalue weighted by Crippen LogP contribution is -2.39. The first kappa shape index (κ1) is 18.2. The molecule has 0 bridgehead atoms. The summed E-state index contributed by atoms with van der Waals surface area (Å²) in [7, 11) is -3.68. The van der Waals surface area contributed by atoms with Crippen molar-refractivity contribution < 1.29 is 13.3 Å². The summed E-state index contributed by atoms with van der Waals surface area (Å²) in [6.45, 7) is 1.88. The van der Waals surface area contributed by atoms with Crippen LogP contribution in [0.3, 0.4) is 0 Å². The summed E-state index contributed by atoms with van der Waals surface area (Å²) in [5.74, 6) is 0.917. The molecule has 0 unspecified atom stereocenters. The van der Waals surface area contributed by atoms with E-state index in [1.807, 2.05) is 0 Å². The normalized spacial score (nSPS) is 15.8. The lowest BCUT2D eigenvalue weighted by atomic mass is 9.97. The number of sulfonamides is 1. The van der Waals surface area contributed by atoms with Crippen LogP contribution in [0.1, 0.15) is 12.8 Å². The van der Waals surface area contributed by atoms with E-state index < -0.39 is 14.9 Å². The van der Waals surface area contributed by atoms with Crippen molar-refractivity contribution in [1.29, 1.82) is 0 Å². The number of aromatic nitrogens is 2. The molecular weight excluding hydrogens is 358 g/mol. The number of nitrogens with zero attached hydrogens (tertiary/aromatic N) is 4. The topological polar surface area (TPSA) is 118 Å². The second kappa shape index (κ2) is 7.75. The molecule has 2 heterocycles. The van der Waals surface area contributed by atoms with Crippen molar-refractivity contribution in [2.24, 2.45) is 5.92 Å². The summed E-state index contributed by atoms with van der Waals surface area (Å²) in [4.78, 5) is 20.7. The summed E-state index contributed by atoms with van der Waals surface area (Å²) in [6.07, 6.45) is 5.07. The highest BCUT2D eigenvalue weighted by Gasteiger charge is 2.23. The van der Waals surface area contributed by atoms with E-state index in [0.717, 1.165) is 25.9 Å². The predicted octanol–water partition coefficient (Wildman–Crippen LogP) is 1.58. The smallest absolute Gasteiger partial charge is 0.269 e. The highest BCUT2D eigenvalue weighted by atomic mass is 32.2. The molecule has 1 saturated heterocycles. The van der Waals surface area contributed by atoms with Gasteiger partial charge in [-0.3, -0.25) is 10.1 Å². The van der Waals surface area contributed by atoms with Crippen LogP contribution in [-0.2, 0) is 10.0 Å². The standard InChI is InChI=1S/C16H19N5O4S/c22-21(23)14-2-4-15(5-3-14)26(24,25)19-12-13-6-10-20(11-7-13)16-17-8-1-9-18-16/h1-5,8-9,13,19H,6-7,10-12H2. The minimum Gasteiger partial charge on any atom is -0.341 e. The number of nitro benzene ring substituents is 1. The van der Waals surface area contributed by atoms with Gasteiger partial charge in [-0.2, -0.15) is 0 Å². The number of nitrogens with one attached hydrogen (secondary N) is 1. The van der Waals surface area contributed by atoms with Crippen molar-refractivity contribution in [3.05, 3.63) is 52.8 Å². The SMILES string of the molecule is O=[N+]([O-])c1ccc(S(=O)(=O)NCC2CCN(c3ncccn3)CC2)cc1. The number of hydrogen-bond donors (Lipinski definition) is 1. The van der Waals surface area contributed by atoms with Gasteiger partial charge in [-0.25, -0.2) is 23.1 Å². The molecule has 9 nitrogen and oxygen atoms in total.